The number of hydrogen-bond donors (Lipinski definition) is 0. The van der Waals surface area contributed by atoms with Gasteiger partial charge in [-0.15, -0.1) is 23.2 Å². The fourth-order valence-corrected chi connectivity index (χ4v) is 0.652. The van der Waals surface area contributed by atoms with E-state index >= 15 is 0 Å². The van der Waals surface area contributed by atoms with Gasteiger partial charge in [0, 0.05) is 14.1 Å². The number of halogens is 2. The molecule has 0 saturated heterocycles. The first kappa shape index (κ1) is 11.5. The Balaban J connectivity index is 4.19. The van der Waals surface area contributed by atoms with Crippen LogP contribution in [-0.2, 0) is 9.59 Å². The van der Waals surface area contributed by atoms with Crippen molar-refractivity contribution >= 4 is 35.0 Å². The second kappa shape index (κ2) is 5.22. The minimum atomic E-state index is -0.659. The van der Waals surface area contributed by atoms with Crippen molar-refractivity contribution in [1.82, 2.24) is 9.80 Å². The number of carbonyl (C=O) groups excluding carboxylic acids is 2. The Morgan fingerprint density at radius 1 is 1.00 bits per heavy atom. The highest BCUT2D eigenvalue weighted by Gasteiger charge is 2.20. The molecular formula is C6H10Cl2N2O2. The Morgan fingerprint density at radius 2 is 1.25 bits per heavy atom. The molecule has 0 N–H and O–H groups in total. The third-order valence-electron chi connectivity index (χ3n) is 1.23. The van der Waals surface area contributed by atoms with Crippen molar-refractivity contribution < 1.29 is 9.59 Å². The molecule has 12 heavy (non-hydrogen) atoms. The van der Waals surface area contributed by atoms with Crippen molar-refractivity contribution in [3.05, 3.63) is 0 Å². The van der Waals surface area contributed by atoms with Crippen LogP contribution in [0.15, 0.2) is 0 Å². The Labute approximate surface area is 81.0 Å². The van der Waals surface area contributed by atoms with Gasteiger partial charge in [-0.05, 0) is 0 Å². The molecule has 0 bridgehead atoms. The summed E-state index contributed by atoms with van der Waals surface area (Å²) < 4.78 is 0. The lowest BCUT2D eigenvalue weighted by molar-refractivity contribution is -0.149. The zero-order chi connectivity index (χ0) is 9.72. The SMILES string of the molecule is CN(CCl)C(=O)C(=O)N(C)CCl. The Bertz CT molecular complexity index is 166. The molecule has 0 aromatic carbocycles. The highest BCUT2D eigenvalue weighted by Crippen LogP contribution is 1.94. The summed E-state index contributed by atoms with van der Waals surface area (Å²) in [5.74, 6) is -1.32. The zero-order valence-electron chi connectivity index (χ0n) is 6.88. The van der Waals surface area contributed by atoms with Crippen molar-refractivity contribution in [1.29, 1.82) is 0 Å². The van der Waals surface area contributed by atoms with E-state index in [-0.39, 0.29) is 12.0 Å². The molecule has 0 aromatic heterocycles. The van der Waals surface area contributed by atoms with Crippen molar-refractivity contribution in [2.45, 2.75) is 0 Å². The number of amides is 2. The average Bonchev–Trinajstić information content (AvgIpc) is 2.12. The van der Waals surface area contributed by atoms with Crippen LogP contribution in [0.25, 0.3) is 0 Å². The molecule has 0 radical (unpaired) electrons. The topological polar surface area (TPSA) is 40.6 Å². The lowest BCUT2D eigenvalue weighted by Crippen LogP contribution is -2.41. The maximum atomic E-state index is 11.1. The molecule has 0 fully saturated rings. The number of carbonyl (C=O) groups is 2. The molecule has 0 aliphatic carbocycles. The summed E-state index contributed by atoms with van der Waals surface area (Å²) in [5.41, 5.74) is 0. The van der Waals surface area contributed by atoms with E-state index in [9.17, 15) is 9.59 Å². The summed E-state index contributed by atoms with van der Waals surface area (Å²) in [4.78, 5) is 24.3. The van der Waals surface area contributed by atoms with Gasteiger partial charge in [-0.25, -0.2) is 0 Å². The number of likely N-dealkylation sites (N-methyl/N-ethyl adjacent to an activating group) is 2. The van der Waals surface area contributed by atoms with Gasteiger partial charge in [0.25, 0.3) is 0 Å². The molecule has 0 heterocycles. The first-order chi connectivity index (χ1) is 5.54. The lowest BCUT2D eigenvalue weighted by Gasteiger charge is -2.17. The number of alkyl halides is 2. The maximum absolute atomic E-state index is 11.1. The summed E-state index contributed by atoms with van der Waals surface area (Å²) in [6.45, 7) is 0. The van der Waals surface area contributed by atoms with E-state index < -0.39 is 11.8 Å². The van der Waals surface area contributed by atoms with Gasteiger partial charge in [0.2, 0.25) is 0 Å². The number of hydrogen-bond acceptors (Lipinski definition) is 2. The Morgan fingerprint density at radius 3 is 1.42 bits per heavy atom. The van der Waals surface area contributed by atoms with Crippen LogP contribution in [0.1, 0.15) is 0 Å². The molecule has 0 unspecified atom stereocenters. The number of nitrogens with zero attached hydrogens (tertiary/aromatic N) is 2. The van der Waals surface area contributed by atoms with E-state index in [1.54, 1.807) is 0 Å². The van der Waals surface area contributed by atoms with E-state index in [1.165, 1.54) is 14.1 Å². The molecule has 0 atom stereocenters. The van der Waals surface area contributed by atoms with Gasteiger partial charge in [0.05, 0.1) is 12.0 Å². The molecule has 0 aromatic rings. The normalized spacial score (nSPS) is 9.33. The molecule has 70 valence electrons. The summed E-state index contributed by atoms with van der Waals surface area (Å²) in [6.07, 6.45) is 0. The van der Waals surface area contributed by atoms with E-state index in [0.717, 1.165) is 9.80 Å². The molecular weight excluding hydrogens is 203 g/mol. The summed E-state index contributed by atoms with van der Waals surface area (Å²) >= 11 is 10.7. The molecule has 0 rings (SSSR count). The van der Waals surface area contributed by atoms with Crippen molar-refractivity contribution in [3.8, 4) is 0 Å². The number of rotatable bonds is 2. The van der Waals surface area contributed by atoms with Crippen LogP contribution in [0.4, 0.5) is 0 Å². The predicted molar refractivity (Wildman–Crippen MR) is 47.0 cm³/mol. The van der Waals surface area contributed by atoms with Crippen LogP contribution < -0.4 is 0 Å². The van der Waals surface area contributed by atoms with E-state index in [1.807, 2.05) is 0 Å². The second-order valence-electron chi connectivity index (χ2n) is 2.25. The van der Waals surface area contributed by atoms with Gasteiger partial charge >= 0.3 is 11.8 Å². The third-order valence-corrected chi connectivity index (χ3v) is 1.95. The molecule has 6 heteroatoms. The Kier molecular flexibility index (Phi) is 5.01. The van der Waals surface area contributed by atoms with Gasteiger partial charge in [-0.3, -0.25) is 9.59 Å². The standard InChI is InChI=1S/C6H10Cl2N2O2/c1-9(3-7)5(11)6(12)10(2)4-8/h3-4H2,1-2H3. The fourth-order valence-electron chi connectivity index (χ4n) is 0.435. The molecule has 0 aliphatic heterocycles. The van der Waals surface area contributed by atoms with E-state index in [4.69, 9.17) is 23.2 Å². The first-order valence-electron chi connectivity index (χ1n) is 3.17. The summed E-state index contributed by atoms with van der Waals surface area (Å²) in [7, 11) is 2.88. The third kappa shape index (κ3) is 2.87. The lowest BCUT2D eigenvalue weighted by atomic mass is 10.5. The molecule has 0 saturated carbocycles. The monoisotopic (exact) mass is 212 g/mol. The van der Waals surface area contributed by atoms with Gasteiger partial charge in [0.1, 0.15) is 0 Å². The fraction of sp³-hybridized carbons (Fsp3) is 0.667. The second-order valence-corrected chi connectivity index (χ2v) is 2.72. The van der Waals surface area contributed by atoms with Crippen LogP contribution in [-0.4, -0.2) is 47.7 Å². The Hall–Kier alpha value is -0.480. The van der Waals surface area contributed by atoms with Crippen molar-refractivity contribution in [2.24, 2.45) is 0 Å². The van der Waals surface area contributed by atoms with Gasteiger partial charge in [0.15, 0.2) is 0 Å². The minimum Gasteiger partial charge on any atom is -0.324 e. The molecule has 4 nitrogen and oxygen atoms in total. The zero-order valence-corrected chi connectivity index (χ0v) is 8.39. The maximum Gasteiger partial charge on any atom is 0.312 e. The van der Waals surface area contributed by atoms with Crippen LogP contribution in [0.2, 0.25) is 0 Å². The van der Waals surface area contributed by atoms with Crippen LogP contribution in [0.5, 0.6) is 0 Å². The quantitative estimate of drug-likeness (QED) is 0.376. The van der Waals surface area contributed by atoms with Crippen molar-refractivity contribution in [2.75, 3.05) is 26.1 Å². The van der Waals surface area contributed by atoms with Gasteiger partial charge in [-0.1, -0.05) is 0 Å². The van der Waals surface area contributed by atoms with Crippen LogP contribution in [0, 0.1) is 0 Å². The average molecular weight is 213 g/mol. The molecule has 2 amide bonds. The highest BCUT2D eigenvalue weighted by molar-refractivity contribution is 6.36. The van der Waals surface area contributed by atoms with Crippen molar-refractivity contribution in [3.63, 3.8) is 0 Å². The van der Waals surface area contributed by atoms with E-state index in [2.05, 4.69) is 0 Å². The summed E-state index contributed by atoms with van der Waals surface area (Å²) in [5, 5.41) is 0. The van der Waals surface area contributed by atoms with Gasteiger partial charge < -0.3 is 9.80 Å². The smallest absolute Gasteiger partial charge is 0.312 e. The van der Waals surface area contributed by atoms with Crippen LogP contribution in [0.3, 0.4) is 0 Å². The largest absolute Gasteiger partial charge is 0.324 e. The molecule has 0 aliphatic rings. The summed E-state index contributed by atoms with van der Waals surface area (Å²) in [6, 6.07) is -0.0264. The molecule has 0 spiro atoms. The predicted octanol–water partition coefficient (Wildman–Crippen LogP) is 0.296. The minimum absolute atomic E-state index is 0.0132. The first-order valence-corrected chi connectivity index (χ1v) is 4.24. The highest BCUT2D eigenvalue weighted by atomic mass is 35.5. The van der Waals surface area contributed by atoms with Crippen LogP contribution >= 0.6 is 23.2 Å². The van der Waals surface area contributed by atoms with Gasteiger partial charge in [-0.2, -0.15) is 0 Å². The van der Waals surface area contributed by atoms with E-state index in [0.29, 0.717) is 0 Å².